The lowest BCUT2D eigenvalue weighted by Gasteiger charge is -2.28. The van der Waals surface area contributed by atoms with Gasteiger partial charge >= 0.3 is 0 Å². The zero-order valence-electron chi connectivity index (χ0n) is 13.1. The van der Waals surface area contributed by atoms with Crippen LogP contribution in [-0.2, 0) is 0 Å². The molecule has 3 rings (SSSR count). The lowest BCUT2D eigenvalue weighted by atomic mass is 10.1. The molecule has 2 aromatic rings. The zero-order valence-corrected chi connectivity index (χ0v) is 13.1. The second kappa shape index (κ2) is 7.58. The first-order valence-corrected chi connectivity index (χ1v) is 8.06. The molecule has 0 radical (unpaired) electrons. The SMILES string of the molecule is O=C(N/N=C/c1ccc(N2CCCCC2)cc1)c1ccccc1. The first-order valence-electron chi connectivity index (χ1n) is 8.06. The Balaban J connectivity index is 1.56. The fourth-order valence-electron chi connectivity index (χ4n) is 2.74. The van der Waals surface area contributed by atoms with Gasteiger partial charge in [-0.25, -0.2) is 5.43 Å². The fourth-order valence-corrected chi connectivity index (χ4v) is 2.74. The minimum Gasteiger partial charge on any atom is -0.372 e. The van der Waals surface area contributed by atoms with Gasteiger partial charge in [-0.3, -0.25) is 4.79 Å². The van der Waals surface area contributed by atoms with E-state index in [0.29, 0.717) is 5.56 Å². The maximum Gasteiger partial charge on any atom is 0.271 e. The molecule has 1 amide bonds. The minimum absolute atomic E-state index is 0.202. The summed E-state index contributed by atoms with van der Waals surface area (Å²) in [5.41, 5.74) is 5.38. The van der Waals surface area contributed by atoms with Gasteiger partial charge in [0, 0.05) is 24.3 Å². The van der Waals surface area contributed by atoms with Crippen LogP contribution < -0.4 is 10.3 Å². The predicted molar refractivity (Wildman–Crippen MR) is 94.0 cm³/mol. The highest BCUT2D eigenvalue weighted by atomic mass is 16.2. The summed E-state index contributed by atoms with van der Waals surface area (Å²) in [6.45, 7) is 2.28. The summed E-state index contributed by atoms with van der Waals surface area (Å²) >= 11 is 0. The van der Waals surface area contributed by atoms with Crippen molar-refractivity contribution in [1.82, 2.24) is 5.43 Å². The molecule has 1 saturated heterocycles. The molecule has 0 atom stereocenters. The van der Waals surface area contributed by atoms with Crippen molar-refractivity contribution in [1.29, 1.82) is 0 Å². The number of amides is 1. The number of rotatable bonds is 4. The normalized spacial score (nSPS) is 14.9. The van der Waals surface area contributed by atoms with E-state index in [1.54, 1.807) is 18.3 Å². The lowest BCUT2D eigenvalue weighted by molar-refractivity contribution is 0.0955. The summed E-state index contributed by atoms with van der Waals surface area (Å²) in [5, 5.41) is 4.02. The number of anilines is 1. The van der Waals surface area contributed by atoms with Crippen molar-refractivity contribution in [3.05, 3.63) is 65.7 Å². The van der Waals surface area contributed by atoms with Gasteiger partial charge in [0.1, 0.15) is 0 Å². The van der Waals surface area contributed by atoms with Crippen LogP contribution in [0.25, 0.3) is 0 Å². The largest absolute Gasteiger partial charge is 0.372 e. The standard InChI is InChI=1S/C19H21N3O/c23-19(17-7-3-1-4-8-17)21-20-15-16-9-11-18(12-10-16)22-13-5-2-6-14-22/h1,3-4,7-12,15H,2,5-6,13-14H2,(H,21,23)/b20-15+. The van der Waals surface area contributed by atoms with E-state index in [1.807, 2.05) is 30.3 Å². The smallest absolute Gasteiger partial charge is 0.271 e. The first-order chi connectivity index (χ1) is 11.3. The van der Waals surface area contributed by atoms with Gasteiger partial charge in [0.05, 0.1) is 6.21 Å². The van der Waals surface area contributed by atoms with Gasteiger partial charge in [-0.15, -0.1) is 0 Å². The molecule has 2 aromatic carbocycles. The van der Waals surface area contributed by atoms with Crippen LogP contribution in [0.3, 0.4) is 0 Å². The zero-order chi connectivity index (χ0) is 15.9. The van der Waals surface area contributed by atoms with E-state index in [9.17, 15) is 4.79 Å². The van der Waals surface area contributed by atoms with E-state index in [2.05, 4.69) is 27.6 Å². The van der Waals surface area contributed by atoms with Gasteiger partial charge in [0.25, 0.3) is 5.91 Å². The third-order valence-electron chi connectivity index (χ3n) is 4.03. The average molecular weight is 307 g/mol. The molecule has 1 aliphatic rings. The summed E-state index contributed by atoms with van der Waals surface area (Å²) in [6, 6.07) is 17.4. The van der Waals surface area contributed by atoms with Gasteiger partial charge in [-0.1, -0.05) is 30.3 Å². The molecule has 0 unspecified atom stereocenters. The maximum absolute atomic E-state index is 11.9. The molecule has 0 aliphatic carbocycles. The van der Waals surface area contributed by atoms with Crippen LogP contribution >= 0.6 is 0 Å². The van der Waals surface area contributed by atoms with Crippen LogP contribution in [0.2, 0.25) is 0 Å². The maximum atomic E-state index is 11.9. The highest BCUT2D eigenvalue weighted by Gasteiger charge is 2.10. The molecular weight excluding hydrogens is 286 g/mol. The van der Waals surface area contributed by atoms with Crippen molar-refractivity contribution in [3.63, 3.8) is 0 Å². The Bertz CT molecular complexity index is 659. The number of piperidine rings is 1. The summed E-state index contributed by atoms with van der Waals surface area (Å²) < 4.78 is 0. The summed E-state index contributed by atoms with van der Waals surface area (Å²) in [6.07, 6.45) is 5.55. The molecule has 118 valence electrons. The van der Waals surface area contributed by atoms with E-state index in [4.69, 9.17) is 0 Å². The van der Waals surface area contributed by atoms with Crippen molar-refractivity contribution in [2.45, 2.75) is 19.3 Å². The van der Waals surface area contributed by atoms with Crippen LogP contribution in [0.4, 0.5) is 5.69 Å². The third-order valence-corrected chi connectivity index (χ3v) is 4.03. The van der Waals surface area contributed by atoms with Gasteiger partial charge in [-0.2, -0.15) is 5.10 Å². The van der Waals surface area contributed by atoms with Crippen molar-refractivity contribution in [2.75, 3.05) is 18.0 Å². The molecule has 1 heterocycles. The second-order valence-corrected chi connectivity index (χ2v) is 5.70. The van der Waals surface area contributed by atoms with E-state index < -0.39 is 0 Å². The molecular formula is C19H21N3O. The Morgan fingerprint density at radius 2 is 1.65 bits per heavy atom. The topological polar surface area (TPSA) is 44.7 Å². The second-order valence-electron chi connectivity index (χ2n) is 5.70. The Kier molecular flexibility index (Phi) is 5.04. The van der Waals surface area contributed by atoms with Gasteiger partial charge in [-0.05, 0) is 49.1 Å². The van der Waals surface area contributed by atoms with E-state index in [-0.39, 0.29) is 5.91 Å². The number of hydrazone groups is 1. The molecule has 1 fully saturated rings. The van der Waals surface area contributed by atoms with Crippen molar-refractivity contribution >= 4 is 17.8 Å². The fraction of sp³-hybridized carbons (Fsp3) is 0.263. The van der Waals surface area contributed by atoms with Crippen molar-refractivity contribution in [2.24, 2.45) is 5.10 Å². The molecule has 4 heteroatoms. The predicted octanol–water partition coefficient (Wildman–Crippen LogP) is 3.44. The Morgan fingerprint density at radius 3 is 2.35 bits per heavy atom. The highest BCUT2D eigenvalue weighted by Crippen LogP contribution is 2.19. The van der Waals surface area contributed by atoms with Gasteiger partial charge < -0.3 is 4.90 Å². The highest BCUT2D eigenvalue weighted by molar-refractivity contribution is 5.94. The molecule has 4 nitrogen and oxygen atoms in total. The van der Waals surface area contributed by atoms with Gasteiger partial charge in [0.2, 0.25) is 0 Å². The number of carbonyl (C=O) groups excluding carboxylic acids is 1. The average Bonchev–Trinajstić information content (AvgIpc) is 2.64. The molecule has 1 N–H and O–H groups in total. The summed E-state index contributed by atoms with van der Waals surface area (Å²) in [5.74, 6) is -0.202. The first kappa shape index (κ1) is 15.3. The molecule has 0 saturated carbocycles. The van der Waals surface area contributed by atoms with E-state index in [0.717, 1.165) is 18.7 Å². The van der Waals surface area contributed by atoms with Crippen LogP contribution in [0.1, 0.15) is 35.2 Å². The minimum atomic E-state index is -0.202. The number of nitrogens with zero attached hydrogens (tertiary/aromatic N) is 2. The quantitative estimate of drug-likeness (QED) is 0.694. The Morgan fingerprint density at radius 1 is 0.957 bits per heavy atom. The Hall–Kier alpha value is -2.62. The number of nitrogens with one attached hydrogen (secondary N) is 1. The van der Waals surface area contributed by atoms with Crippen LogP contribution in [-0.4, -0.2) is 25.2 Å². The van der Waals surface area contributed by atoms with Crippen LogP contribution in [0, 0.1) is 0 Å². The molecule has 0 aromatic heterocycles. The van der Waals surface area contributed by atoms with E-state index >= 15 is 0 Å². The monoisotopic (exact) mass is 307 g/mol. The lowest BCUT2D eigenvalue weighted by Crippen LogP contribution is -2.29. The van der Waals surface area contributed by atoms with E-state index in [1.165, 1.54) is 24.9 Å². The molecule has 0 bridgehead atoms. The van der Waals surface area contributed by atoms with Crippen molar-refractivity contribution in [3.8, 4) is 0 Å². The molecule has 23 heavy (non-hydrogen) atoms. The van der Waals surface area contributed by atoms with Crippen molar-refractivity contribution < 1.29 is 4.79 Å². The summed E-state index contributed by atoms with van der Waals surface area (Å²) in [7, 11) is 0. The van der Waals surface area contributed by atoms with Gasteiger partial charge in [0.15, 0.2) is 0 Å². The number of hydrogen-bond donors (Lipinski definition) is 1. The summed E-state index contributed by atoms with van der Waals surface area (Å²) in [4.78, 5) is 14.3. The van der Waals surface area contributed by atoms with Crippen LogP contribution in [0.15, 0.2) is 59.7 Å². The molecule has 1 aliphatic heterocycles. The molecule has 0 spiro atoms. The number of hydrogen-bond acceptors (Lipinski definition) is 3. The Labute approximate surface area is 136 Å². The number of benzene rings is 2. The number of carbonyl (C=O) groups is 1. The van der Waals surface area contributed by atoms with Crippen LogP contribution in [0.5, 0.6) is 0 Å². The third kappa shape index (κ3) is 4.19.